The summed E-state index contributed by atoms with van der Waals surface area (Å²) in [6.07, 6.45) is 19.4. The first kappa shape index (κ1) is 23.5. The van der Waals surface area contributed by atoms with Gasteiger partial charge in [0.15, 0.2) is 0 Å². The average Bonchev–Trinajstić information content (AvgIpc) is 2.65. The summed E-state index contributed by atoms with van der Waals surface area (Å²) in [7, 11) is 0. The fourth-order valence-electron chi connectivity index (χ4n) is 4.06. The number of esters is 1. The molecule has 154 valence electrons. The van der Waals surface area contributed by atoms with E-state index in [-0.39, 0.29) is 17.9 Å². The second-order valence-electron chi connectivity index (χ2n) is 8.51. The van der Waals surface area contributed by atoms with Crippen molar-refractivity contribution in [3.8, 4) is 0 Å². The highest BCUT2D eigenvalue weighted by atomic mass is 16.5. The third kappa shape index (κ3) is 11.2. The molecule has 1 aliphatic carbocycles. The van der Waals surface area contributed by atoms with E-state index >= 15 is 0 Å². The number of ether oxygens (including phenoxy) is 1. The van der Waals surface area contributed by atoms with Gasteiger partial charge in [0, 0.05) is 6.04 Å². The molecule has 0 amide bonds. The van der Waals surface area contributed by atoms with Crippen molar-refractivity contribution in [2.75, 3.05) is 6.61 Å². The van der Waals surface area contributed by atoms with E-state index in [1.165, 1.54) is 77.0 Å². The van der Waals surface area contributed by atoms with E-state index in [9.17, 15) is 4.79 Å². The molecule has 0 aromatic rings. The lowest BCUT2D eigenvalue weighted by molar-refractivity contribution is -0.151. The van der Waals surface area contributed by atoms with E-state index in [1.807, 2.05) is 0 Å². The molecule has 1 rings (SSSR count). The van der Waals surface area contributed by atoms with Crippen molar-refractivity contribution in [1.29, 1.82) is 0 Å². The Balaban J connectivity index is 2.27. The zero-order valence-corrected chi connectivity index (χ0v) is 17.6. The lowest BCUT2D eigenvalue weighted by atomic mass is 9.86. The van der Waals surface area contributed by atoms with Crippen LogP contribution in [0.2, 0.25) is 0 Å². The Morgan fingerprint density at radius 3 is 1.85 bits per heavy atom. The standard InChI is InChI=1S/C23H45NO2/c1-3-5-7-9-11-13-20(14-12-10-8-6-4-2)19-26-23(25)21-15-17-22(24)18-16-21/h20-22H,3-19,24H2,1-2H3. The molecule has 1 fully saturated rings. The van der Waals surface area contributed by atoms with Gasteiger partial charge < -0.3 is 10.5 Å². The van der Waals surface area contributed by atoms with Crippen LogP contribution in [-0.4, -0.2) is 18.6 Å². The second kappa shape index (κ2) is 15.5. The van der Waals surface area contributed by atoms with E-state index < -0.39 is 0 Å². The minimum Gasteiger partial charge on any atom is -0.465 e. The molecule has 3 nitrogen and oxygen atoms in total. The fraction of sp³-hybridized carbons (Fsp3) is 0.957. The van der Waals surface area contributed by atoms with E-state index in [2.05, 4.69) is 13.8 Å². The van der Waals surface area contributed by atoms with E-state index in [1.54, 1.807) is 0 Å². The van der Waals surface area contributed by atoms with Crippen LogP contribution in [0.3, 0.4) is 0 Å². The predicted octanol–water partition coefficient (Wildman–Crippen LogP) is 6.38. The molecular formula is C23H45NO2. The van der Waals surface area contributed by atoms with Crippen molar-refractivity contribution in [1.82, 2.24) is 0 Å². The maximum absolute atomic E-state index is 12.4. The lowest BCUT2D eigenvalue weighted by Crippen LogP contribution is -2.31. The van der Waals surface area contributed by atoms with Crippen LogP contribution in [0.15, 0.2) is 0 Å². The first-order valence-electron chi connectivity index (χ1n) is 11.6. The number of carbonyl (C=O) groups excluding carboxylic acids is 1. The molecule has 2 N–H and O–H groups in total. The van der Waals surface area contributed by atoms with Crippen molar-refractivity contribution in [3.63, 3.8) is 0 Å². The van der Waals surface area contributed by atoms with Gasteiger partial charge in [-0.25, -0.2) is 0 Å². The molecule has 0 spiro atoms. The number of rotatable bonds is 15. The van der Waals surface area contributed by atoms with Gasteiger partial charge in [-0.05, 0) is 44.4 Å². The molecule has 0 bridgehead atoms. The molecule has 0 radical (unpaired) electrons. The zero-order valence-electron chi connectivity index (χ0n) is 17.6. The van der Waals surface area contributed by atoms with Crippen molar-refractivity contribution < 1.29 is 9.53 Å². The third-order valence-electron chi connectivity index (χ3n) is 6.00. The van der Waals surface area contributed by atoms with Crippen molar-refractivity contribution in [2.45, 2.75) is 123 Å². The van der Waals surface area contributed by atoms with Crippen molar-refractivity contribution >= 4 is 5.97 Å². The Morgan fingerprint density at radius 1 is 0.846 bits per heavy atom. The normalized spacial score (nSPS) is 20.5. The smallest absolute Gasteiger partial charge is 0.308 e. The Bertz CT molecular complexity index is 323. The van der Waals surface area contributed by atoms with Crippen LogP contribution in [0.4, 0.5) is 0 Å². The van der Waals surface area contributed by atoms with Crippen LogP contribution >= 0.6 is 0 Å². The highest BCUT2D eigenvalue weighted by Gasteiger charge is 2.26. The molecule has 1 aliphatic rings. The van der Waals surface area contributed by atoms with Crippen LogP contribution in [0, 0.1) is 11.8 Å². The summed E-state index contributed by atoms with van der Waals surface area (Å²) in [5.41, 5.74) is 5.95. The molecule has 0 atom stereocenters. The second-order valence-corrected chi connectivity index (χ2v) is 8.51. The monoisotopic (exact) mass is 367 g/mol. The maximum atomic E-state index is 12.4. The molecule has 0 heterocycles. The minimum atomic E-state index is 0.0406. The summed E-state index contributed by atoms with van der Waals surface area (Å²) in [5.74, 6) is 0.705. The van der Waals surface area contributed by atoms with Gasteiger partial charge in [0.2, 0.25) is 0 Å². The first-order chi connectivity index (χ1) is 12.7. The summed E-state index contributed by atoms with van der Waals surface area (Å²) in [6, 6.07) is 0.290. The molecule has 0 aromatic heterocycles. The van der Waals surface area contributed by atoms with E-state index in [0.717, 1.165) is 25.7 Å². The van der Waals surface area contributed by atoms with Gasteiger partial charge in [-0.1, -0.05) is 78.1 Å². The SMILES string of the molecule is CCCCCCCC(CCCCCCC)COC(=O)C1CCC(N)CC1. The largest absolute Gasteiger partial charge is 0.465 e. The third-order valence-corrected chi connectivity index (χ3v) is 6.00. The summed E-state index contributed by atoms with van der Waals surface area (Å²) in [4.78, 5) is 12.4. The highest BCUT2D eigenvalue weighted by molar-refractivity contribution is 5.72. The number of hydrogen-bond acceptors (Lipinski definition) is 3. The Hall–Kier alpha value is -0.570. The number of unbranched alkanes of at least 4 members (excludes halogenated alkanes) is 8. The summed E-state index contributed by atoms with van der Waals surface area (Å²) in [6.45, 7) is 5.16. The number of hydrogen-bond donors (Lipinski definition) is 1. The molecule has 0 aliphatic heterocycles. The Labute approximate surface area is 162 Å². The Kier molecular flexibility index (Phi) is 14.0. The zero-order chi connectivity index (χ0) is 19.0. The quantitative estimate of drug-likeness (QED) is 0.270. The van der Waals surface area contributed by atoms with Crippen LogP contribution in [-0.2, 0) is 9.53 Å². The summed E-state index contributed by atoms with van der Waals surface area (Å²) in [5, 5.41) is 0. The van der Waals surface area contributed by atoms with Crippen LogP contribution < -0.4 is 5.73 Å². The summed E-state index contributed by atoms with van der Waals surface area (Å²) < 4.78 is 5.76. The highest BCUT2D eigenvalue weighted by Crippen LogP contribution is 2.25. The van der Waals surface area contributed by atoms with Crippen molar-refractivity contribution in [2.24, 2.45) is 17.6 Å². The Morgan fingerprint density at radius 2 is 1.35 bits per heavy atom. The van der Waals surface area contributed by atoms with Gasteiger partial charge in [-0.3, -0.25) is 4.79 Å². The van der Waals surface area contributed by atoms with Crippen LogP contribution in [0.1, 0.15) is 117 Å². The minimum absolute atomic E-state index is 0.0406. The molecule has 1 saturated carbocycles. The van der Waals surface area contributed by atoms with Gasteiger partial charge >= 0.3 is 5.97 Å². The topological polar surface area (TPSA) is 52.3 Å². The van der Waals surface area contributed by atoms with Gasteiger partial charge in [0.25, 0.3) is 0 Å². The molecule has 0 aromatic carbocycles. The van der Waals surface area contributed by atoms with Gasteiger partial charge in [0.05, 0.1) is 12.5 Å². The first-order valence-corrected chi connectivity index (χ1v) is 11.6. The van der Waals surface area contributed by atoms with Crippen LogP contribution in [0.5, 0.6) is 0 Å². The average molecular weight is 368 g/mol. The predicted molar refractivity (Wildman–Crippen MR) is 111 cm³/mol. The van der Waals surface area contributed by atoms with Gasteiger partial charge in [-0.2, -0.15) is 0 Å². The van der Waals surface area contributed by atoms with Gasteiger partial charge in [0.1, 0.15) is 0 Å². The lowest BCUT2D eigenvalue weighted by Gasteiger charge is -2.25. The molecular weight excluding hydrogens is 322 g/mol. The number of nitrogens with two attached hydrogens (primary N) is 1. The van der Waals surface area contributed by atoms with Crippen molar-refractivity contribution in [3.05, 3.63) is 0 Å². The summed E-state index contributed by atoms with van der Waals surface area (Å²) >= 11 is 0. The molecule has 3 heteroatoms. The van der Waals surface area contributed by atoms with E-state index in [0.29, 0.717) is 12.5 Å². The maximum Gasteiger partial charge on any atom is 0.308 e. The van der Waals surface area contributed by atoms with E-state index in [4.69, 9.17) is 10.5 Å². The van der Waals surface area contributed by atoms with Gasteiger partial charge in [-0.15, -0.1) is 0 Å². The molecule has 26 heavy (non-hydrogen) atoms. The number of carbonyl (C=O) groups is 1. The van der Waals surface area contributed by atoms with Crippen LogP contribution in [0.25, 0.3) is 0 Å². The fourth-order valence-corrected chi connectivity index (χ4v) is 4.06. The molecule has 0 saturated heterocycles. The molecule has 0 unspecified atom stereocenters.